The summed E-state index contributed by atoms with van der Waals surface area (Å²) in [4.78, 5) is 48.9. The molecule has 4 aromatic rings. The fraction of sp³-hybridized carbons (Fsp3) is 0.391. The molecule has 0 saturated carbocycles. The molecular weight excluding hydrogens is 503 g/mol. The van der Waals surface area contributed by atoms with Gasteiger partial charge in [0.2, 0.25) is 0 Å². The van der Waals surface area contributed by atoms with Gasteiger partial charge in [0, 0.05) is 19.3 Å². The van der Waals surface area contributed by atoms with E-state index in [1.54, 1.807) is 24.0 Å². The average Bonchev–Trinajstić information content (AvgIpc) is 3.44. The summed E-state index contributed by atoms with van der Waals surface area (Å²) in [6.07, 6.45) is 3.94. The number of aryl methyl sites for hydroxylation is 2. The SMILES string of the molecule is CCCn1c(=O)c2c(nc(-c3cnn(Cc4cccc(C)c4)c3)n2COCOP(=O)(O)O)n(CC)c1=O. The number of rotatable bonds is 11. The quantitative estimate of drug-likeness (QED) is 0.168. The molecule has 0 amide bonds. The van der Waals surface area contributed by atoms with Crippen molar-refractivity contribution in [1.82, 2.24) is 28.5 Å². The Morgan fingerprint density at radius 1 is 1.11 bits per heavy atom. The molecule has 0 spiro atoms. The van der Waals surface area contributed by atoms with Crippen molar-refractivity contribution in [3.63, 3.8) is 0 Å². The van der Waals surface area contributed by atoms with Crippen molar-refractivity contribution >= 4 is 19.0 Å². The minimum Gasteiger partial charge on any atom is -0.334 e. The molecule has 2 N–H and O–H groups in total. The molecule has 0 atom stereocenters. The van der Waals surface area contributed by atoms with Crippen LogP contribution in [0.1, 0.15) is 31.4 Å². The molecule has 0 radical (unpaired) electrons. The van der Waals surface area contributed by atoms with E-state index >= 15 is 0 Å². The smallest absolute Gasteiger partial charge is 0.334 e. The third-order valence-electron chi connectivity index (χ3n) is 5.72. The Morgan fingerprint density at radius 2 is 1.89 bits per heavy atom. The summed E-state index contributed by atoms with van der Waals surface area (Å²) in [5.41, 5.74) is 2.08. The van der Waals surface area contributed by atoms with Gasteiger partial charge in [0.15, 0.2) is 18.0 Å². The van der Waals surface area contributed by atoms with Crippen LogP contribution in [-0.2, 0) is 40.2 Å². The molecule has 0 aliphatic carbocycles. The molecule has 14 heteroatoms. The zero-order chi connectivity index (χ0) is 26.7. The van der Waals surface area contributed by atoms with Crippen LogP contribution in [0.15, 0.2) is 46.2 Å². The largest absolute Gasteiger partial charge is 0.471 e. The zero-order valence-corrected chi connectivity index (χ0v) is 21.7. The van der Waals surface area contributed by atoms with E-state index in [0.29, 0.717) is 24.4 Å². The molecule has 4 rings (SSSR count). The van der Waals surface area contributed by atoms with E-state index in [4.69, 9.17) is 14.5 Å². The Kier molecular flexibility index (Phi) is 7.90. The average molecular weight is 532 g/mol. The van der Waals surface area contributed by atoms with Crippen LogP contribution in [0, 0.1) is 6.92 Å². The van der Waals surface area contributed by atoms with Crippen molar-refractivity contribution in [1.29, 1.82) is 0 Å². The first kappa shape index (κ1) is 26.7. The van der Waals surface area contributed by atoms with Crippen LogP contribution in [0.4, 0.5) is 0 Å². The number of ether oxygens (including phenoxy) is 1. The maximum absolute atomic E-state index is 13.4. The summed E-state index contributed by atoms with van der Waals surface area (Å²) in [6, 6.07) is 8.03. The molecular formula is C23H29N6O7P. The van der Waals surface area contributed by atoms with Gasteiger partial charge in [-0.3, -0.25) is 27.7 Å². The van der Waals surface area contributed by atoms with Gasteiger partial charge in [-0.05, 0) is 25.8 Å². The van der Waals surface area contributed by atoms with E-state index in [0.717, 1.165) is 15.7 Å². The molecule has 0 aliphatic heterocycles. The monoisotopic (exact) mass is 532 g/mol. The van der Waals surface area contributed by atoms with Crippen molar-refractivity contribution < 1.29 is 23.6 Å². The molecule has 13 nitrogen and oxygen atoms in total. The van der Waals surface area contributed by atoms with Gasteiger partial charge in [-0.25, -0.2) is 14.3 Å². The lowest BCUT2D eigenvalue weighted by atomic mass is 10.1. The normalized spacial score (nSPS) is 12.0. The van der Waals surface area contributed by atoms with Gasteiger partial charge < -0.3 is 14.5 Å². The number of hydrogen-bond donors (Lipinski definition) is 2. The van der Waals surface area contributed by atoms with E-state index in [9.17, 15) is 14.2 Å². The van der Waals surface area contributed by atoms with Crippen LogP contribution < -0.4 is 11.2 Å². The Labute approximate surface area is 211 Å². The van der Waals surface area contributed by atoms with Gasteiger partial charge in [-0.15, -0.1) is 0 Å². The van der Waals surface area contributed by atoms with Crippen LogP contribution in [0.3, 0.4) is 0 Å². The third-order valence-corrected chi connectivity index (χ3v) is 6.16. The fourth-order valence-electron chi connectivity index (χ4n) is 4.14. The lowest BCUT2D eigenvalue weighted by Gasteiger charge is -2.12. The molecule has 37 heavy (non-hydrogen) atoms. The summed E-state index contributed by atoms with van der Waals surface area (Å²) in [5.74, 6) is 0.314. The highest BCUT2D eigenvalue weighted by atomic mass is 31.2. The maximum atomic E-state index is 13.4. The molecule has 3 aromatic heterocycles. The van der Waals surface area contributed by atoms with Crippen molar-refractivity contribution in [2.45, 2.75) is 53.6 Å². The molecule has 0 bridgehead atoms. The number of fused-ring (bicyclic) bond motifs is 1. The van der Waals surface area contributed by atoms with Crippen LogP contribution in [0.2, 0.25) is 0 Å². The van der Waals surface area contributed by atoms with E-state index in [1.807, 2.05) is 32.0 Å². The fourth-order valence-corrected chi connectivity index (χ4v) is 4.35. The zero-order valence-electron chi connectivity index (χ0n) is 20.8. The summed E-state index contributed by atoms with van der Waals surface area (Å²) in [6.45, 7) is 5.65. The van der Waals surface area contributed by atoms with Gasteiger partial charge in [0.05, 0.1) is 18.3 Å². The number of benzene rings is 1. The molecule has 1 aromatic carbocycles. The second kappa shape index (κ2) is 11.0. The van der Waals surface area contributed by atoms with Crippen LogP contribution in [-0.4, -0.2) is 45.0 Å². The predicted octanol–water partition coefficient (Wildman–Crippen LogP) is 2.05. The molecule has 0 saturated heterocycles. The van der Waals surface area contributed by atoms with Crippen molar-refractivity contribution in [2.75, 3.05) is 6.79 Å². The highest BCUT2D eigenvalue weighted by Crippen LogP contribution is 2.35. The lowest BCUT2D eigenvalue weighted by Crippen LogP contribution is -2.40. The molecule has 0 fully saturated rings. The van der Waals surface area contributed by atoms with E-state index in [1.165, 1.54) is 9.13 Å². The second-order valence-electron chi connectivity index (χ2n) is 8.51. The van der Waals surface area contributed by atoms with Gasteiger partial charge in [0.25, 0.3) is 5.56 Å². The number of phosphoric acid groups is 1. The number of aromatic nitrogens is 6. The molecule has 198 valence electrons. The number of hydrogen-bond acceptors (Lipinski definition) is 7. The van der Waals surface area contributed by atoms with Gasteiger partial charge in [0.1, 0.15) is 12.6 Å². The second-order valence-corrected chi connectivity index (χ2v) is 9.75. The standard InChI is InChI=1S/C23H29N6O7P/c1-4-9-28-22(30)19-21(27(5-2)23(28)31)25-20(29(19)14-35-15-36-37(32,33)34)18-11-24-26(13-18)12-17-8-6-7-16(3)10-17/h6-8,10-11,13H,4-5,9,12,14-15H2,1-3H3,(H2,32,33,34). The number of nitrogens with zero attached hydrogens (tertiary/aromatic N) is 6. The Hall–Kier alpha value is -3.35. The predicted molar refractivity (Wildman–Crippen MR) is 135 cm³/mol. The van der Waals surface area contributed by atoms with Gasteiger partial charge in [-0.2, -0.15) is 5.10 Å². The van der Waals surface area contributed by atoms with Crippen LogP contribution >= 0.6 is 7.82 Å². The van der Waals surface area contributed by atoms with Crippen molar-refractivity contribution in [2.24, 2.45) is 0 Å². The van der Waals surface area contributed by atoms with Gasteiger partial charge >= 0.3 is 13.5 Å². The Morgan fingerprint density at radius 3 is 2.57 bits per heavy atom. The van der Waals surface area contributed by atoms with E-state index in [-0.39, 0.29) is 31.0 Å². The van der Waals surface area contributed by atoms with E-state index < -0.39 is 25.9 Å². The van der Waals surface area contributed by atoms with Crippen LogP contribution in [0.5, 0.6) is 0 Å². The highest BCUT2D eigenvalue weighted by molar-refractivity contribution is 7.46. The van der Waals surface area contributed by atoms with Crippen molar-refractivity contribution in [3.8, 4) is 11.4 Å². The Balaban J connectivity index is 1.81. The number of phosphoric ester groups is 1. The lowest BCUT2D eigenvalue weighted by molar-refractivity contribution is -0.0316. The molecule has 3 heterocycles. The minimum atomic E-state index is -4.74. The van der Waals surface area contributed by atoms with Crippen molar-refractivity contribution in [3.05, 3.63) is 68.6 Å². The molecule has 0 aliphatic rings. The summed E-state index contributed by atoms with van der Waals surface area (Å²) >= 11 is 0. The van der Waals surface area contributed by atoms with E-state index in [2.05, 4.69) is 20.7 Å². The topological polar surface area (TPSA) is 156 Å². The minimum absolute atomic E-state index is 0.132. The van der Waals surface area contributed by atoms with Crippen LogP contribution in [0.25, 0.3) is 22.6 Å². The first-order chi connectivity index (χ1) is 17.6. The third kappa shape index (κ3) is 5.81. The summed E-state index contributed by atoms with van der Waals surface area (Å²) in [7, 11) is -4.74. The summed E-state index contributed by atoms with van der Waals surface area (Å²) in [5, 5.41) is 4.43. The molecule has 0 unspecified atom stereocenters. The van der Waals surface area contributed by atoms with Gasteiger partial charge in [-0.1, -0.05) is 36.8 Å². The summed E-state index contributed by atoms with van der Waals surface area (Å²) < 4.78 is 26.5. The Bertz CT molecular complexity index is 1580. The highest BCUT2D eigenvalue weighted by Gasteiger charge is 2.23. The number of imidazole rings is 1. The first-order valence-corrected chi connectivity index (χ1v) is 13.3. The maximum Gasteiger partial charge on any atom is 0.471 e. The first-order valence-electron chi connectivity index (χ1n) is 11.7.